The molecule has 0 aromatic carbocycles. The molecule has 152 valence electrons. The summed E-state index contributed by atoms with van der Waals surface area (Å²) < 4.78 is 0. The first-order chi connectivity index (χ1) is 13.9. The highest BCUT2D eigenvalue weighted by atomic mass is 16.2. The van der Waals surface area contributed by atoms with Crippen LogP contribution >= 0.6 is 0 Å². The highest BCUT2D eigenvalue weighted by molar-refractivity contribution is 5.97. The van der Waals surface area contributed by atoms with Gasteiger partial charge < -0.3 is 20.1 Å². The fourth-order valence-electron chi connectivity index (χ4n) is 4.05. The molecule has 0 atom stereocenters. The van der Waals surface area contributed by atoms with Gasteiger partial charge in [-0.05, 0) is 57.3 Å². The molecule has 0 unspecified atom stereocenters. The number of anilines is 1. The van der Waals surface area contributed by atoms with Crippen molar-refractivity contribution in [2.45, 2.75) is 25.7 Å². The number of carbonyl (C=O) groups is 1. The summed E-state index contributed by atoms with van der Waals surface area (Å²) in [6, 6.07) is 5.36. The Morgan fingerprint density at radius 2 is 2.03 bits per heavy atom. The molecule has 2 N–H and O–H groups in total. The van der Waals surface area contributed by atoms with Crippen molar-refractivity contribution in [3.8, 4) is 6.07 Å². The molecule has 1 spiro atoms. The molecule has 3 heterocycles. The van der Waals surface area contributed by atoms with Crippen LogP contribution < -0.4 is 15.8 Å². The number of hydrogen-bond acceptors (Lipinski definition) is 6. The van der Waals surface area contributed by atoms with E-state index in [2.05, 4.69) is 26.3 Å². The molecule has 0 bridgehead atoms. The second kappa shape index (κ2) is 7.48. The number of rotatable bonds is 5. The zero-order valence-electron chi connectivity index (χ0n) is 16.9. The number of H-pyrrole nitrogens is 1. The van der Waals surface area contributed by atoms with Crippen LogP contribution in [0.4, 0.5) is 5.69 Å². The van der Waals surface area contributed by atoms with Crippen molar-refractivity contribution in [3.63, 3.8) is 0 Å². The number of carbonyl (C=O) groups excluding carboxylic acids is 1. The molecule has 2 fully saturated rings. The predicted molar refractivity (Wildman–Crippen MR) is 111 cm³/mol. The Balaban J connectivity index is 1.70. The van der Waals surface area contributed by atoms with Crippen LogP contribution in [0, 0.1) is 16.7 Å². The standard InChI is InChI=1S/C21H26N6O2/c1-26(2)12-9-23-20(29)16-4-3-15-17(24-16)18(14(13-22)19(28)25-15)27-10-7-21(5-6-21)8-11-27/h3-4H,5-12H2,1-2H3,(H,23,29)(H,25,28). The Hall–Kier alpha value is -2.92. The molecule has 0 radical (unpaired) electrons. The quantitative estimate of drug-likeness (QED) is 0.796. The summed E-state index contributed by atoms with van der Waals surface area (Å²) in [5, 5.41) is 12.5. The van der Waals surface area contributed by atoms with E-state index in [0.29, 0.717) is 28.7 Å². The molecule has 1 aliphatic heterocycles. The zero-order chi connectivity index (χ0) is 20.6. The molecule has 4 rings (SSSR count). The maximum absolute atomic E-state index is 12.5. The molecule has 2 aliphatic rings. The summed E-state index contributed by atoms with van der Waals surface area (Å²) in [6.45, 7) is 2.84. The Bertz CT molecular complexity index is 1040. The first-order valence-electron chi connectivity index (χ1n) is 10.1. The Kier molecular flexibility index (Phi) is 5.01. The van der Waals surface area contributed by atoms with Gasteiger partial charge in [-0.3, -0.25) is 9.59 Å². The fraction of sp³-hybridized carbons (Fsp3) is 0.524. The van der Waals surface area contributed by atoms with Gasteiger partial charge in [0.25, 0.3) is 11.5 Å². The molecule has 1 amide bonds. The van der Waals surface area contributed by atoms with Gasteiger partial charge in [-0.25, -0.2) is 4.98 Å². The van der Waals surface area contributed by atoms with E-state index in [1.807, 2.05) is 19.0 Å². The molecular weight excluding hydrogens is 368 g/mol. The number of amides is 1. The largest absolute Gasteiger partial charge is 0.368 e. The van der Waals surface area contributed by atoms with Gasteiger partial charge in [0.2, 0.25) is 0 Å². The Morgan fingerprint density at radius 3 is 2.66 bits per heavy atom. The topological polar surface area (TPSA) is 105 Å². The van der Waals surface area contributed by atoms with Gasteiger partial charge in [0.15, 0.2) is 0 Å². The van der Waals surface area contributed by atoms with Gasteiger partial charge in [-0.1, -0.05) is 0 Å². The highest BCUT2D eigenvalue weighted by Crippen LogP contribution is 2.54. The molecule has 2 aromatic rings. The SMILES string of the molecule is CN(C)CCNC(=O)c1ccc2[nH]c(=O)c(C#N)c(N3CCC4(CC3)CC4)c2n1. The second-order valence-corrected chi connectivity index (χ2v) is 8.43. The monoisotopic (exact) mass is 394 g/mol. The third kappa shape index (κ3) is 3.83. The third-order valence-corrected chi connectivity index (χ3v) is 6.12. The number of nitriles is 1. The molecular formula is C21H26N6O2. The van der Waals surface area contributed by atoms with Crippen LogP contribution in [0.1, 0.15) is 41.7 Å². The third-order valence-electron chi connectivity index (χ3n) is 6.12. The minimum Gasteiger partial charge on any atom is -0.368 e. The maximum atomic E-state index is 12.5. The number of nitrogens with one attached hydrogen (secondary N) is 2. The van der Waals surface area contributed by atoms with Crippen LogP contribution in [-0.4, -0.2) is 61.0 Å². The van der Waals surface area contributed by atoms with Gasteiger partial charge in [-0.15, -0.1) is 0 Å². The van der Waals surface area contributed by atoms with Crippen molar-refractivity contribution >= 4 is 22.6 Å². The molecule has 1 saturated carbocycles. The van der Waals surface area contributed by atoms with Crippen molar-refractivity contribution in [2.24, 2.45) is 5.41 Å². The molecule has 1 aliphatic carbocycles. The number of piperidine rings is 1. The number of aromatic nitrogens is 2. The number of nitrogens with zero attached hydrogens (tertiary/aromatic N) is 4. The zero-order valence-corrected chi connectivity index (χ0v) is 16.9. The number of pyridine rings is 2. The lowest BCUT2D eigenvalue weighted by Crippen LogP contribution is -2.36. The van der Waals surface area contributed by atoms with E-state index >= 15 is 0 Å². The summed E-state index contributed by atoms with van der Waals surface area (Å²) >= 11 is 0. The van der Waals surface area contributed by atoms with E-state index in [4.69, 9.17) is 0 Å². The van der Waals surface area contributed by atoms with Crippen LogP contribution in [0.5, 0.6) is 0 Å². The Morgan fingerprint density at radius 1 is 1.31 bits per heavy atom. The molecule has 29 heavy (non-hydrogen) atoms. The van der Waals surface area contributed by atoms with Gasteiger partial charge in [-0.2, -0.15) is 5.26 Å². The van der Waals surface area contributed by atoms with E-state index in [1.165, 1.54) is 12.8 Å². The summed E-state index contributed by atoms with van der Waals surface area (Å²) in [6.07, 6.45) is 4.68. The van der Waals surface area contributed by atoms with E-state index < -0.39 is 5.56 Å². The lowest BCUT2D eigenvalue weighted by molar-refractivity contribution is 0.0946. The lowest BCUT2D eigenvalue weighted by Gasteiger charge is -2.34. The van der Waals surface area contributed by atoms with Gasteiger partial charge >= 0.3 is 0 Å². The number of aromatic amines is 1. The predicted octanol–water partition coefficient (Wildman–Crippen LogP) is 1.47. The van der Waals surface area contributed by atoms with E-state index in [1.54, 1.807) is 12.1 Å². The van der Waals surface area contributed by atoms with Crippen LogP contribution in [-0.2, 0) is 0 Å². The fourth-order valence-corrected chi connectivity index (χ4v) is 4.05. The second-order valence-electron chi connectivity index (χ2n) is 8.43. The molecule has 8 nitrogen and oxygen atoms in total. The normalized spacial score (nSPS) is 17.5. The minimum absolute atomic E-state index is 0.0712. The van der Waals surface area contributed by atoms with Crippen molar-refractivity contribution in [1.82, 2.24) is 20.2 Å². The van der Waals surface area contributed by atoms with Crippen molar-refractivity contribution in [2.75, 3.05) is 45.2 Å². The van der Waals surface area contributed by atoms with Crippen LogP contribution in [0.25, 0.3) is 11.0 Å². The van der Waals surface area contributed by atoms with Crippen molar-refractivity contribution in [3.05, 3.63) is 33.7 Å². The smallest absolute Gasteiger partial charge is 0.269 e. The van der Waals surface area contributed by atoms with Gasteiger partial charge in [0.1, 0.15) is 22.8 Å². The van der Waals surface area contributed by atoms with Crippen LogP contribution in [0.2, 0.25) is 0 Å². The average Bonchev–Trinajstić information content (AvgIpc) is 3.46. The summed E-state index contributed by atoms with van der Waals surface area (Å²) in [7, 11) is 3.88. The minimum atomic E-state index is -0.410. The highest BCUT2D eigenvalue weighted by Gasteiger charge is 2.45. The van der Waals surface area contributed by atoms with Gasteiger partial charge in [0, 0.05) is 26.2 Å². The molecule has 2 aromatic heterocycles. The van der Waals surface area contributed by atoms with E-state index in [9.17, 15) is 14.9 Å². The summed E-state index contributed by atoms with van der Waals surface area (Å²) in [5.41, 5.74) is 2.03. The summed E-state index contributed by atoms with van der Waals surface area (Å²) in [4.78, 5) is 36.4. The lowest BCUT2D eigenvalue weighted by atomic mass is 9.93. The van der Waals surface area contributed by atoms with E-state index in [-0.39, 0.29) is 17.2 Å². The van der Waals surface area contributed by atoms with Gasteiger partial charge in [0.05, 0.1) is 11.2 Å². The number of likely N-dealkylation sites (N-methyl/N-ethyl adjacent to an activating group) is 1. The van der Waals surface area contributed by atoms with Crippen molar-refractivity contribution in [1.29, 1.82) is 5.26 Å². The Labute approximate surface area is 169 Å². The molecule has 1 saturated heterocycles. The van der Waals surface area contributed by atoms with E-state index in [0.717, 1.165) is 32.5 Å². The summed E-state index contributed by atoms with van der Waals surface area (Å²) in [5.74, 6) is -0.264. The average molecular weight is 394 g/mol. The number of fused-ring (bicyclic) bond motifs is 1. The maximum Gasteiger partial charge on any atom is 0.269 e. The molecule has 8 heteroatoms. The van der Waals surface area contributed by atoms with Crippen molar-refractivity contribution < 1.29 is 4.79 Å². The number of hydrogen-bond donors (Lipinski definition) is 2. The first-order valence-corrected chi connectivity index (χ1v) is 10.1. The van der Waals surface area contributed by atoms with Crippen LogP contribution in [0.15, 0.2) is 16.9 Å². The first kappa shape index (κ1) is 19.4. The van der Waals surface area contributed by atoms with Crippen LogP contribution in [0.3, 0.4) is 0 Å².